The fraction of sp³-hybridized carbons (Fsp3) is 0.588. The highest BCUT2D eigenvalue weighted by molar-refractivity contribution is 5.99. The van der Waals surface area contributed by atoms with Gasteiger partial charge in [-0.05, 0) is 44.0 Å². The van der Waals surface area contributed by atoms with Gasteiger partial charge in [-0.3, -0.25) is 4.79 Å². The average Bonchev–Trinajstić information content (AvgIpc) is 2.99. The lowest BCUT2D eigenvalue weighted by atomic mass is 10.1. The van der Waals surface area contributed by atoms with Crippen molar-refractivity contribution < 1.29 is 4.79 Å². The molecule has 21 heavy (non-hydrogen) atoms. The average molecular weight is 289 g/mol. The van der Waals surface area contributed by atoms with Crippen molar-refractivity contribution in [3.63, 3.8) is 0 Å². The maximum absolute atomic E-state index is 12.4. The predicted octanol–water partition coefficient (Wildman–Crippen LogP) is 2.58. The number of hydrogen-bond acceptors (Lipinski definition) is 3. The molecule has 1 aromatic rings. The molecule has 2 rings (SSSR count). The first-order valence-corrected chi connectivity index (χ1v) is 8.08. The standard InChI is InChI=1S/C17H27N3O/c1-3-10-18-16-8-6-5-7-15(16)17(21)19-12-14-9-11-20(4-2)13-14/h5-8,14,18H,3-4,9-13H2,1-2H3,(H,19,21). The van der Waals surface area contributed by atoms with Crippen molar-refractivity contribution in [2.45, 2.75) is 26.7 Å². The van der Waals surface area contributed by atoms with E-state index in [0.717, 1.165) is 50.4 Å². The highest BCUT2D eigenvalue weighted by atomic mass is 16.1. The number of benzene rings is 1. The van der Waals surface area contributed by atoms with Gasteiger partial charge >= 0.3 is 0 Å². The molecular formula is C17H27N3O. The Morgan fingerprint density at radius 2 is 2.14 bits per heavy atom. The van der Waals surface area contributed by atoms with E-state index in [-0.39, 0.29) is 5.91 Å². The van der Waals surface area contributed by atoms with Crippen LogP contribution in [0.3, 0.4) is 0 Å². The van der Waals surface area contributed by atoms with Crippen LogP contribution in [0.5, 0.6) is 0 Å². The third-order valence-electron chi connectivity index (χ3n) is 4.11. The van der Waals surface area contributed by atoms with Gasteiger partial charge in [0.2, 0.25) is 0 Å². The first kappa shape index (κ1) is 15.8. The Labute approximate surface area is 127 Å². The van der Waals surface area contributed by atoms with Crippen LogP contribution >= 0.6 is 0 Å². The molecule has 1 amide bonds. The van der Waals surface area contributed by atoms with Gasteiger partial charge in [0, 0.05) is 25.3 Å². The van der Waals surface area contributed by atoms with Crippen LogP contribution < -0.4 is 10.6 Å². The number of amides is 1. The van der Waals surface area contributed by atoms with Gasteiger partial charge in [-0.2, -0.15) is 0 Å². The van der Waals surface area contributed by atoms with Crippen LogP contribution in [0.4, 0.5) is 5.69 Å². The van der Waals surface area contributed by atoms with Crippen LogP contribution in [0.15, 0.2) is 24.3 Å². The van der Waals surface area contributed by atoms with Crippen LogP contribution in [-0.4, -0.2) is 43.5 Å². The lowest BCUT2D eigenvalue weighted by molar-refractivity contribution is 0.0948. The number of carbonyl (C=O) groups is 1. The smallest absolute Gasteiger partial charge is 0.253 e. The predicted molar refractivity (Wildman–Crippen MR) is 87.8 cm³/mol. The Morgan fingerprint density at radius 3 is 2.86 bits per heavy atom. The molecule has 0 aromatic heterocycles. The SMILES string of the molecule is CCCNc1ccccc1C(=O)NCC1CCN(CC)C1. The third-order valence-corrected chi connectivity index (χ3v) is 4.11. The highest BCUT2D eigenvalue weighted by Gasteiger charge is 2.21. The first-order chi connectivity index (χ1) is 10.2. The van der Waals surface area contributed by atoms with E-state index in [2.05, 4.69) is 29.4 Å². The maximum Gasteiger partial charge on any atom is 0.253 e. The minimum Gasteiger partial charge on any atom is -0.384 e. The van der Waals surface area contributed by atoms with Crippen molar-refractivity contribution >= 4 is 11.6 Å². The van der Waals surface area contributed by atoms with Crippen molar-refractivity contribution in [2.24, 2.45) is 5.92 Å². The Bertz CT molecular complexity index is 461. The molecular weight excluding hydrogens is 262 g/mol. The van der Waals surface area contributed by atoms with E-state index in [9.17, 15) is 4.79 Å². The number of para-hydroxylation sites is 1. The monoisotopic (exact) mass is 289 g/mol. The van der Waals surface area contributed by atoms with E-state index >= 15 is 0 Å². The second kappa shape index (κ2) is 8.03. The Hall–Kier alpha value is -1.55. The summed E-state index contributed by atoms with van der Waals surface area (Å²) < 4.78 is 0. The molecule has 4 nitrogen and oxygen atoms in total. The summed E-state index contributed by atoms with van der Waals surface area (Å²) in [5.41, 5.74) is 1.68. The number of likely N-dealkylation sites (tertiary alicyclic amines) is 1. The maximum atomic E-state index is 12.4. The fourth-order valence-electron chi connectivity index (χ4n) is 2.79. The molecule has 1 aromatic carbocycles. The molecule has 1 fully saturated rings. The van der Waals surface area contributed by atoms with Crippen LogP contribution in [0.1, 0.15) is 37.0 Å². The van der Waals surface area contributed by atoms with Gasteiger partial charge in [-0.15, -0.1) is 0 Å². The Kier molecular flexibility index (Phi) is 6.05. The molecule has 0 saturated carbocycles. The van der Waals surface area contributed by atoms with Crippen molar-refractivity contribution in [3.8, 4) is 0 Å². The molecule has 1 atom stereocenters. The molecule has 1 heterocycles. The van der Waals surface area contributed by atoms with E-state index < -0.39 is 0 Å². The molecule has 1 unspecified atom stereocenters. The number of nitrogens with one attached hydrogen (secondary N) is 2. The molecule has 4 heteroatoms. The lowest BCUT2D eigenvalue weighted by Gasteiger charge is -2.15. The second-order valence-corrected chi connectivity index (χ2v) is 5.73. The summed E-state index contributed by atoms with van der Waals surface area (Å²) in [5, 5.41) is 6.42. The van der Waals surface area contributed by atoms with Crippen LogP contribution in [0, 0.1) is 5.92 Å². The number of nitrogens with zero attached hydrogens (tertiary/aromatic N) is 1. The van der Waals surface area contributed by atoms with Gasteiger partial charge < -0.3 is 15.5 Å². The molecule has 0 aliphatic carbocycles. The van der Waals surface area contributed by atoms with Gasteiger partial charge in [-0.1, -0.05) is 26.0 Å². The van der Waals surface area contributed by atoms with Crippen molar-refractivity contribution in [1.29, 1.82) is 0 Å². The summed E-state index contributed by atoms with van der Waals surface area (Å²) in [6, 6.07) is 7.74. The van der Waals surface area contributed by atoms with E-state index in [4.69, 9.17) is 0 Å². The molecule has 0 radical (unpaired) electrons. The summed E-state index contributed by atoms with van der Waals surface area (Å²) in [6.07, 6.45) is 2.23. The van der Waals surface area contributed by atoms with E-state index in [0.29, 0.717) is 5.92 Å². The summed E-state index contributed by atoms with van der Waals surface area (Å²) in [6.45, 7) is 9.34. The zero-order valence-corrected chi connectivity index (χ0v) is 13.2. The first-order valence-electron chi connectivity index (χ1n) is 8.08. The van der Waals surface area contributed by atoms with Crippen LogP contribution in [-0.2, 0) is 0 Å². The highest BCUT2D eigenvalue weighted by Crippen LogP contribution is 2.17. The molecule has 1 aliphatic rings. The number of rotatable bonds is 7. The zero-order valence-electron chi connectivity index (χ0n) is 13.2. The van der Waals surface area contributed by atoms with Crippen molar-refractivity contribution in [1.82, 2.24) is 10.2 Å². The summed E-state index contributed by atoms with van der Waals surface area (Å²) in [7, 11) is 0. The molecule has 116 valence electrons. The molecule has 0 bridgehead atoms. The quantitative estimate of drug-likeness (QED) is 0.811. The molecule has 1 saturated heterocycles. The van der Waals surface area contributed by atoms with Gasteiger partial charge in [0.05, 0.1) is 5.56 Å². The van der Waals surface area contributed by atoms with Crippen LogP contribution in [0.2, 0.25) is 0 Å². The van der Waals surface area contributed by atoms with Crippen LogP contribution in [0.25, 0.3) is 0 Å². The van der Waals surface area contributed by atoms with Crippen molar-refractivity contribution in [3.05, 3.63) is 29.8 Å². The number of anilines is 1. The van der Waals surface area contributed by atoms with Gasteiger partial charge in [0.25, 0.3) is 5.91 Å². The van der Waals surface area contributed by atoms with Gasteiger partial charge in [-0.25, -0.2) is 0 Å². The zero-order chi connectivity index (χ0) is 15.1. The van der Waals surface area contributed by atoms with Crippen molar-refractivity contribution in [2.75, 3.05) is 38.0 Å². The van der Waals surface area contributed by atoms with E-state index in [1.807, 2.05) is 24.3 Å². The second-order valence-electron chi connectivity index (χ2n) is 5.73. The van der Waals surface area contributed by atoms with Gasteiger partial charge in [0.15, 0.2) is 0 Å². The molecule has 1 aliphatic heterocycles. The minimum atomic E-state index is 0.0316. The third kappa shape index (κ3) is 4.46. The molecule has 2 N–H and O–H groups in total. The Balaban J connectivity index is 1.88. The number of hydrogen-bond donors (Lipinski definition) is 2. The number of carbonyl (C=O) groups excluding carboxylic acids is 1. The summed E-state index contributed by atoms with van der Waals surface area (Å²) >= 11 is 0. The normalized spacial score (nSPS) is 18.7. The summed E-state index contributed by atoms with van der Waals surface area (Å²) in [5.74, 6) is 0.619. The largest absolute Gasteiger partial charge is 0.384 e. The molecule has 0 spiro atoms. The van der Waals surface area contributed by atoms with Gasteiger partial charge in [0.1, 0.15) is 0 Å². The summed E-state index contributed by atoms with van der Waals surface area (Å²) in [4.78, 5) is 14.8. The topological polar surface area (TPSA) is 44.4 Å². The fourth-order valence-corrected chi connectivity index (χ4v) is 2.79. The Morgan fingerprint density at radius 1 is 1.33 bits per heavy atom. The minimum absolute atomic E-state index is 0.0316. The van der Waals surface area contributed by atoms with E-state index in [1.54, 1.807) is 0 Å². The van der Waals surface area contributed by atoms with E-state index in [1.165, 1.54) is 6.42 Å². The lowest BCUT2D eigenvalue weighted by Crippen LogP contribution is -2.31.